The van der Waals surface area contributed by atoms with Crippen LogP contribution in [-0.2, 0) is 11.3 Å². The van der Waals surface area contributed by atoms with Gasteiger partial charge in [0.15, 0.2) is 0 Å². The number of benzene rings is 1. The number of pyridine rings is 1. The average molecular weight is 366 g/mol. The molecule has 0 spiro atoms. The summed E-state index contributed by atoms with van der Waals surface area (Å²) in [6, 6.07) is 7.34. The van der Waals surface area contributed by atoms with Crippen molar-refractivity contribution in [2.45, 2.75) is 19.6 Å². The number of aldehydes is 1. The van der Waals surface area contributed by atoms with Gasteiger partial charge in [-0.15, -0.1) is 0 Å². The van der Waals surface area contributed by atoms with Crippen LogP contribution in [0.15, 0.2) is 35.3 Å². The third-order valence-electron chi connectivity index (χ3n) is 4.98. The molecule has 7 heteroatoms. The molecule has 1 N–H and O–H groups in total. The number of aryl methyl sites for hydroxylation is 1. The fourth-order valence-corrected chi connectivity index (χ4v) is 3.53. The molecule has 1 aliphatic rings. The summed E-state index contributed by atoms with van der Waals surface area (Å²) in [7, 11) is 2.09. The van der Waals surface area contributed by atoms with Crippen molar-refractivity contribution in [3.8, 4) is 11.4 Å². The van der Waals surface area contributed by atoms with Gasteiger partial charge in [-0.25, -0.2) is 4.98 Å². The lowest BCUT2D eigenvalue weighted by molar-refractivity contribution is -0.0267. The second kappa shape index (κ2) is 7.09. The number of nitrogens with zero attached hydrogens (tertiary/aromatic N) is 3. The maximum Gasteiger partial charge on any atom is 0.250 e. The largest absolute Gasteiger partial charge is 0.374 e. The van der Waals surface area contributed by atoms with Gasteiger partial charge in [-0.1, -0.05) is 0 Å². The molecule has 1 fully saturated rings. The third-order valence-corrected chi connectivity index (χ3v) is 4.98. The predicted octanol–water partition coefficient (Wildman–Crippen LogP) is 1.84. The number of H-pyrrole nitrogens is 1. The summed E-state index contributed by atoms with van der Waals surface area (Å²) in [5, 5.41) is 0. The lowest BCUT2D eigenvalue weighted by Gasteiger charge is -2.30. The lowest BCUT2D eigenvalue weighted by atomic mass is 10.2. The van der Waals surface area contributed by atoms with Crippen molar-refractivity contribution in [3.63, 3.8) is 0 Å². The highest BCUT2D eigenvalue weighted by molar-refractivity contribution is 5.87. The summed E-state index contributed by atoms with van der Waals surface area (Å²) in [6.45, 7) is 4.90. The minimum atomic E-state index is -0.109. The molecular weight excluding hydrogens is 344 g/mol. The van der Waals surface area contributed by atoms with Crippen LogP contribution in [0, 0.1) is 6.92 Å². The zero-order valence-electron chi connectivity index (χ0n) is 15.4. The van der Waals surface area contributed by atoms with E-state index in [-0.39, 0.29) is 11.7 Å². The van der Waals surface area contributed by atoms with Crippen LogP contribution < -0.4 is 5.56 Å². The Hall–Kier alpha value is -2.77. The number of likely N-dealkylation sites (N-methyl/N-ethyl adjacent to an activating group) is 1. The molecule has 140 valence electrons. The number of nitrogens with one attached hydrogen (secondary N) is 1. The molecule has 2 aromatic heterocycles. The number of rotatable bonds is 4. The number of fused-ring (bicyclic) bond motifs is 1. The van der Waals surface area contributed by atoms with E-state index in [9.17, 15) is 9.59 Å². The Morgan fingerprint density at radius 1 is 1.37 bits per heavy atom. The maximum absolute atomic E-state index is 11.7. The smallest absolute Gasteiger partial charge is 0.250 e. The molecule has 0 radical (unpaired) electrons. The van der Waals surface area contributed by atoms with Crippen LogP contribution in [0.2, 0.25) is 0 Å². The molecule has 1 unspecified atom stereocenters. The quantitative estimate of drug-likeness (QED) is 0.713. The van der Waals surface area contributed by atoms with Gasteiger partial charge in [-0.05, 0) is 38.2 Å². The van der Waals surface area contributed by atoms with Crippen LogP contribution in [0.3, 0.4) is 0 Å². The number of hydrogen-bond acceptors (Lipinski definition) is 5. The number of hydrogen-bond donors (Lipinski definition) is 1. The highest BCUT2D eigenvalue weighted by Gasteiger charge is 2.22. The number of ether oxygens (including phenoxy) is 1. The van der Waals surface area contributed by atoms with Crippen LogP contribution in [-0.4, -0.2) is 58.6 Å². The van der Waals surface area contributed by atoms with E-state index in [4.69, 9.17) is 9.72 Å². The molecule has 27 heavy (non-hydrogen) atoms. The van der Waals surface area contributed by atoms with Crippen molar-refractivity contribution < 1.29 is 9.53 Å². The Morgan fingerprint density at radius 2 is 2.22 bits per heavy atom. The summed E-state index contributed by atoms with van der Waals surface area (Å²) in [6.07, 6.45) is 2.55. The van der Waals surface area contributed by atoms with E-state index < -0.39 is 0 Å². The monoisotopic (exact) mass is 366 g/mol. The summed E-state index contributed by atoms with van der Waals surface area (Å²) < 4.78 is 8.06. The van der Waals surface area contributed by atoms with Gasteiger partial charge in [0, 0.05) is 36.0 Å². The van der Waals surface area contributed by atoms with Crippen molar-refractivity contribution in [2.24, 2.45) is 0 Å². The second-order valence-electron chi connectivity index (χ2n) is 7.07. The standard InChI is InChI=1S/C20H22N4O3/c1-13-7-15(9-21-20(13)26)19-22-17-8-14(12-25)3-4-18(17)24(19)11-16-10-23(2)5-6-27-16/h3-4,7-9,12,16H,5-6,10-11H2,1-2H3,(H,21,26). The molecule has 0 saturated carbocycles. The van der Waals surface area contributed by atoms with Gasteiger partial charge in [0.05, 0.1) is 30.3 Å². The second-order valence-corrected chi connectivity index (χ2v) is 7.07. The van der Waals surface area contributed by atoms with Crippen molar-refractivity contribution in [1.29, 1.82) is 0 Å². The van der Waals surface area contributed by atoms with Crippen LogP contribution in [0.5, 0.6) is 0 Å². The first-order valence-electron chi connectivity index (χ1n) is 9.00. The highest BCUT2D eigenvalue weighted by atomic mass is 16.5. The maximum atomic E-state index is 11.7. The van der Waals surface area contributed by atoms with E-state index in [1.54, 1.807) is 25.3 Å². The number of imidazole rings is 1. The zero-order chi connectivity index (χ0) is 19.0. The van der Waals surface area contributed by atoms with Crippen molar-refractivity contribution in [1.82, 2.24) is 19.4 Å². The molecule has 1 saturated heterocycles. The molecule has 0 bridgehead atoms. The van der Waals surface area contributed by atoms with E-state index in [0.717, 1.165) is 41.8 Å². The van der Waals surface area contributed by atoms with Crippen LogP contribution in [0.25, 0.3) is 22.4 Å². The summed E-state index contributed by atoms with van der Waals surface area (Å²) >= 11 is 0. The topological polar surface area (TPSA) is 80.2 Å². The highest BCUT2D eigenvalue weighted by Crippen LogP contribution is 2.26. The zero-order valence-corrected chi connectivity index (χ0v) is 15.4. The Labute approximate surface area is 156 Å². The van der Waals surface area contributed by atoms with Crippen molar-refractivity contribution >= 4 is 17.3 Å². The molecule has 1 atom stereocenters. The first-order valence-corrected chi connectivity index (χ1v) is 9.00. The molecule has 3 heterocycles. The van der Waals surface area contributed by atoms with Gasteiger partial charge in [0.1, 0.15) is 12.1 Å². The molecule has 0 aliphatic carbocycles. The van der Waals surface area contributed by atoms with Gasteiger partial charge in [-0.3, -0.25) is 9.59 Å². The Kier molecular flexibility index (Phi) is 4.63. The van der Waals surface area contributed by atoms with Gasteiger partial charge in [0.25, 0.3) is 5.56 Å². The Bertz CT molecular complexity index is 1050. The minimum Gasteiger partial charge on any atom is -0.374 e. The molecule has 0 amide bonds. The number of carbonyl (C=O) groups excluding carboxylic acids is 1. The fourth-order valence-electron chi connectivity index (χ4n) is 3.53. The van der Waals surface area contributed by atoms with Gasteiger partial charge in [-0.2, -0.15) is 0 Å². The molecule has 1 aromatic carbocycles. The van der Waals surface area contributed by atoms with Crippen molar-refractivity contribution in [2.75, 3.05) is 26.7 Å². The Balaban J connectivity index is 1.83. The minimum absolute atomic E-state index is 0.0505. The third kappa shape index (κ3) is 3.43. The van der Waals surface area contributed by atoms with E-state index in [0.29, 0.717) is 24.3 Å². The van der Waals surface area contributed by atoms with Crippen molar-refractivity contribution in [3.05, 3.63) is 51.9 Å². The first-order chi connectivity index (χ1) is 13.0. The first kappa shape index (κ1) is 17.6. The summed E-state index contributed by atoms with van der Waals surface area (Å²) in [5.41, 5.74) is 3.64. The number of aromatic amines is 1. The number of carbonyl (C=O) groups is 1. The normalized spacial score (nSPS) is 18.1. The Morgan fingerprint density at radius 3 is 2.96 bits per heavy atom. The predicted molar refractivity (Wildman–Crippen MR) is 103 cm³/mol. The van der Waals surface area contributed by atoms with E-state index in [2.05, 4.69) is 21.5 Å². The molecule has 4 rings (SSSR count). The van der Waals surface area contributed by atoms with E-state index >= 15 is 0 Å². The van der Waals surface area contributed by atoms with Gasteiger partial charge in [0.2, 0.25) is 0 Å². The number of aromatic nitrogens is 3. The fraction of sp³-hybridized carbons (Fsp3) is 0.350. The lowest BCUT2D eigenvalue weighted by Crippen LogP contribution is -2.42. The van der Waals surface area contributed by atoms with Gasteiger partial charge < -0.3 is 19.2 Å². The molecule has 1 aliphatic heterocycles. The SMILES string of the molecule is Cc1cc(-c2nc3cc(C=O)ccc3n2CC2CN(C)CCO2)c[nH]c1=O. The average Bonchev–Trinajstić information content (AvgIpc) is 3.01. The number of morpholine rings is 1. The summed E-state index contributed by atoms with van der Waals surface area (Å²) in [5.74, 6) is 0.754. The molecular formula is C20H22N4O3. The van der Waals surface area contributed by atoms with Crippen LogP contribution in [0.4, 0.5) is 0 Å². The molecule has 7 nitrogen and oxygen atoms in total. The van der Waals surface area contributed by atoms with Crippen LogP contribution in [0.1, 0.15) is 15.9 Å². The molecule has 3 aromatic rings. The van der Waals surface area contributed by atoms with E-state index in [1.807, 2.05) is 12.1 Å². The van der Waals surface area contributed by atoms with Crippen LogP contribution >= 0.6 is 0 Å². The van der Waals surface area contributed by atoms with Gasteiger partial charge >= 0.3 is 0 Å². The summed E-state index contributed by atoms with van der Waals surface area (Å²) in [4.78, 5) is 32.7. The van der Waals surface area contributed by atoms with E-state index in [1.165, 1.54) is 0 Å².